The normalized spacial score (nSPS) is 28.2. The van der Waals surface area contributed by atoms with Gasteiger partial charge in [-0.25, -0.2) is 4.98 Å². The number of carbonyl (C=O) groups excluding carboxylic acids is 1. The Labute approximate surface area is 130 Å². The van der Waals surface area contributed by atoms with Crippen molar-refractivity contribution in [3.63, 3.8) is 0 Å². The van der Waals surface area contributed by atoms with Crippen molar-refractivity contribution in [3.05, 3.63) is 24.3 Å². The largest absolute Gasteiger partial charge is 0.381 e. The maximum Gasteiger partial charge on any atom is 0.274 e. The Morgan fingerprint density at radius 3 is 3.23 bits per heavy atom. The van der Waals surface area contributed by atoms with Gasteiger partial charge in [0.05, 0.1) is 18.9 Å². The van der Waals surface area contributed by atoms with Crippen molar-refractivity contribution in [3.8, 4) is 0 Å². The Balaban J connectivity index is 1.76. The first kappa shape index (κ1) is 15.4. The summed E-state index contributed by atoms with van der Waals surface area (Å²) in [6.07, 6.45) is 7.78. The van der Waals surface area contributed by atoms with Crippen LogP contribution in [0, 0.1) is 5.41 Å². The van der Waals surface area contributed by atoms with Gasteiger partial charge in [-0.1, -0.05) is 0 Å². The highest BCUT2D eigenvalue weighted by atomic mass is 16.5. The van der Waals surface area contributed by atoms with Crippen LogP contribution in [-0.2, 0) is 9.47 Å². The molecule has 0 radical (unpaired) electrons. The second kappa shape index (κ2) is 6.71. The van der Waals surface area contributed by atoms with Crippen LogP contribution in [0.2, 0.25) is 0 Å². The summed E-state index contributed by atoms with van der Waals surface area (Å²) in [5.74, 6) is -0.0482. The number of piperidine rings is 1. The average Bonchev–Trinajstić information content (AvgIpc) is 2.59. The fourth-order valence-electron chi connectivity index (χ4n) is 3.55. The first-order valence-electron chi connectivity index (χ1n) is 8.00. The van der Waals surface area contributed by atoms with Crippen molar-refractivity contribution in [2.24, 2.45) is 5.41 Å². The summed E-state index contributed by atoms with van der Waals surface area (Å²) in [5.41, 5.74) is 0.328. The van der Waals surface area contributed by atoms with E-state index in [4.69, 9.17) is 9.47 Å². The van der Waals surface area contributed by atoms with Gasteiger partial charge in [-0.3, -0.25) is 9.78 Å². The molecule has 2 atom stereocenters. The van der Waals surface area contributed by atoms with E-state index in [9.17, 15) is 4.79 Å². The second-order valence-electron chi connectivity index (χ2n) is 6.07. The van der Waals surface area contributed by atoms with Crippen LogP contribution in [0.3, 0.4) is 0 Å². The molecule has 3 heterocycles. The minimum Gasteiger partial charge on any atom is -0.381 e. The zero-order chi connectivity index (χ0) is 15.4. The molecule has 2 aliphatic heterocycles. The standard InChI is InChI=1S/C16H23N3O3/c1-2-21-12-16-5-3-9-22-14(16)4-8-19(11-16)15(20)13-10-17-6-7-18-13/h6-7,10,14H,2-5,8-9,11-12H2,1H3/t14-,16+/m0/s1. The van der Waals surface area contributed by atoms with Crippen molar-refractivity contribution in [1.29, 1.82) is 0 Å². The Bertz CT molecular complexity index is 511. The van der Waals surface area contributed by atoms with Crippen molar-refractivity contribution in [2.45, 2.75) is 32.3 Å². The molecule has 1 amide bonds. The SMILES string of the molecule is CCOC[C@]12CCCO[C@H]1CCN(C(=O)c1cnccn1)C2. The van der Waals surface area contributed by atoms with Gasteiger partial charge in [-0.15, -0.1) is 0 Å². The monoisotopic (exact) mass is 305 g/mol. The van der Waals surface area contributed by atoms with E-state index < -0.39 is 0 Å². The lowest BCUT2D eigenvalue weighted by molar-refractivity contribution is -0.146. The van der Waals surface area contributed by atoms with Crippen LogP contribution in [0.15, 0.2) is 18.6 Å². The molecule has 0 aliphatic carbocycles. The number of hydrogen-bond acceptors (Lipinski definition) is 5. The topological polar surface area (TPSA) is 64.6 Å². The maximum atomic E-state index is 12.6. The third kappa shape index (κ3) is 2.98. The van der Waals surface area contributed by atoms with E-state index in [1.165, 1.54) is 6.20 Å². The molecule has 0 N–H and O–H groups in total. The molecule has 0 spiro atoms. The number of amides is 1. The molecule has 2 fully saturated rings. The zero-order valence-electron chi connectivity index (χ0n) is 13.0. The van der Waals surface area contributed by atoms with E-state index in [1.807, 2.05) is 11.8 Å². The molecule has 0 bridgehead atoms. The Hall–Kier alpha value is -1.53. The Morgan fingerprint density at radius 1 is 1.55 bits per heavy atom. The molecule has 2 saturated heterocycles. The van der Waals surface area contributed by atoms with E-state index in [-0.39, 0.29) is 17.4 Å². The molecule has 120 valence electrons. The van der Waals surface area contributed by atoms with Gasteiger partial charge in [0.15, 0.2) is 0 Å². The first-order valence-corrected chi connectivity index (χ1v) is 8.00. The van der Waals surface area contributed by atoms with E-state index in [1.54, 1.807) is 12.4 Å². The van der Waals surface area contributed by atoms with Gasteiger partial charge in [-0.2, -0.15) is 0 Å². The Morgan fingerprint density at radius 2 is 2.45 bits per heavy atom. The third-order valence-corrected chi connectivity index (χ3v) is 4.65. The minimum atomic E-state index is -0.0790. The fraction of sp³-hybridized carbons (Fsp3) is 0.688. The minimum absolute atomic E-state index is 0.0482. The van der Waals surface area contributed by atoms with Crippen LogP contribution >= 0.6 is 0 Å². The number of fused-ring (bicyclic) bond motifs is 1. The average molecular weight is 305 g/mol. The van der Waals surface area contributed by atoms with E-state index in [0.717, 1.165) is 25.9 Å². The molecule has 1 aromatic rings. The second-order valence-corrected chi connectivity index (χ2v) is 6.07. The highest BCUT2D eigenvalue weighted by molar-refractivity contribution is 5.92. The van der Waals surface area contributed by atoms with Crippen molar-refractivity contribution in [1.82, 2.24) is 14.9 Å². The lowest BCUT2D eigenvalue weighted by Crippen LogP contribution is -2.58. The van der Waals surface area contributed by atoms with Gasteiger partial charge in [0.25, 0.3) is 5.91 Å². The molecule has 1 aromatic heterocycles. The summed E-state index contributed by atoms with van der Waals surface area (Å²) in [6, 6.07) is 0. The van der Waals surface area contributed by atoms with Crippen LogP contribution in [0.25, 0.3) is 0 Å². The molecule has 3 rings (SSSR count). The number of carbonyl (C=O) groups is 1. The van der Waals surface area contributed by atoms with Crippen LogP contribution in [0.5, 0.6) is 0 Å². The molecule has 0 unspecified atom stereocenters. The first-order chi connectivity index (χ1) is 10.7. The molecule has 2 aliphatic rings. The summed E-state index contributed by atoms with van der Waals surface area (Å²) >= 11 is 0. The number of rotatable bonds is 4. The third-order valence-electron chi connectivity index (χ3n) is 4.65. The highest BCUT2D eigenvalue weighted by Crippen LogP contribution is 2.40. The number of hydrogen-bond donors (Lipinski definition) is 0. The molecule has 6 nitrogen and oxygen atoms in total. The van der Waals surface area contributed by atoms with Gasteiger partial charge in [0.1, 0.15) is 5.69 Å². The lowest BCUT2D eigenvalue weighted by atomic mass is 9.73. The van der Waals surface area contributed by atoms with Crippen LogP contribution in [0.4, 0.5) is 0 Å². The van der Waals surface area contributed by atoms with Gasteiger partial charge in [0.2, 0.25) is 0 Å². The van der Waals surface area contributed by atoms with Crippen LogP contribution in [0.1, 0.15) is 36.7 Å². The molecule has 0 aromatic carbocycles. The molecule has 0 saturated carbocycles. The maximum absolute atomic E-state index is 12.6. The van der Waals surface area contributed by atoms with Crippen molar-refractivity contribution in [2.75, 3.05) is 32.9 Å². The van der Waals surface area contributed by atoms with E-state index in [0.29, 0.717) is 32.0 Å². The van der Waals surface area contributed by atoms with Gasteiger partial charge >= 0.3 is 0 Å². The summed E-state index contributed by atoms with van der Waals surface area (Å²) in [4.78, 5) is 22.6. The number of aromatic nitrogens is 2. The van der Waals surface area contributed by atoms with Crippen molar-refractivity contribution < 1.29 is 14.3 Å². The smallest absolute Gasteiger partial charge is 0.274 e. The summed E-state index contributed by atoms with van der Waals surface area (Å²) in [6.45, 7) is 5.53. The fourth-order valence-corrected chi connectivity index (χ4v) is 3.55. The number of likely N-dealkylation sites (tertiary alicyclic amines) is 1. The summed E-state index contributed by atoms with van der Waals surface area (Å²) < 4.78 is 11.7. The van der Waals surface area contributed by atoms with E-state index in [2.05, 4.69) is 9.97 Å². The molecule has 6 heteroatoms. The molecular formula is C16H23N3O3. The van der Waals surface area contributed by atoms with Crippen molar-refractivity contribution >= 4 is 5.91 Å². The zero-order valence-corrected chi connectivity index (χ0v) is 13.0. The van der Waals surface area contributed by atoms with Crippen LogP contribution < -0.4 is 0 Å². The van der Waals surface area contributed by atoms with Gasteiger partial charge < -0.3 is 14.4 Å². The quantitative estimate of drug-likeness (QED) is 0.844. The molecule has 22 heavy (non-hydrogen) atoms. The molecular weight excluding hydrogens is 282 g/mol. The van der Waals surface area contributed by atoms with Gasteiger partial charge in [-0.05, 0) is 26.2 Å². The summed E-state index contributed by atoms with van der Waals surface area (Å²) in [5, 5.41) is 0. The van der Waals surface area contributed by atoms with E-state index >= 15 is 0 Å². The highest BCUT2D eigenvalue weighted by Gasteiger charge is 2.47. The lowest BCUT2D eigenvalue weighted by Gasteiger charge is -2.50. The predicted octanol–water partition coefficient (Wildman–Crippen LogP) is 1.52. The van der Waals surface area contributed by atoms with Crippen LogP contribution in [-0.4, -0.2) is 59.8 Å². The predicted molar refractivity (Wildman–Crippen MR) is 80.5 cm³/mol. The number of nitrogens with zero attached hydrogens (tertiary/aromatic N) is 3. The number of ether oxygens (including phenoxy) is 2. The van der Waals surface area contributed by atoms with Gasteiger partial charge in [0, 0.05) is 44.1 Å². The Kier molecular flexibility index (Phi) is 4.69. The summed E-state index contributed by atoms with van der Waals surface area (Å²) in [7, 11) is 0.